The van der Waals surface area contributed by atoms with Gasteiger partial charge in [0.2, 0.25) is 10.0 Å². The minimum Gasteiger partial charge on any atom is -0.450 e. The van der Waals surface area contributed by atoms with Crippen LogP contribution in [0, 0.1) is 0 Å². The second-order valence-corrected chi connectivity index (χ2v) is 7.40. The molecule has 1 fully saturated rings. The van der Waals surface area contributed by atoms with Crippen LogP contribution in [-0.4, -0.2) is 30.4 Å². The molecule has 0 aromatic carbocycles. The Labute approximate surface area is 121 Å². The third kappa shape index (κ3) is 3.04. The molecule has 2 heterocycles. The average molecular weight is 352 g/mol. The van der Waals surface area contributed by atoms with Crippen LogP contribution in [0.25, 0.3) is 0 Å². The molecule has 0 amide bonds. The molecule has 2 rings (SSSR count). The van der Waals surface area contributed by atoms with E-state index < -0.39 is 10.0 Å². The molecule has 0 saturated carbocycles. The zero-order valence-corrected chi connectivity index (χ0v) is 13.2. The fourth-order valence-electron chi connectivity index (χ4n) is 2.38. The van der Waals surface area contributed by atoms with Gasteiger partial charge in [0.15, 0.2) is 4.67 Å². The zero-order chi connectivity index (χ0) is 14.0. The van der Waals surface area contributed by atoms with Gasteiger partial charge in [-0.1, -0.05) is 12.8 Å². The summed E-state index contributed by atoms with van der Waals surface area (Å²) in [6.45, 7) is 2.16. The van der Waals surface area contributed by atoms with E-state index in [0.717, 1.165) is 25.7 Å². The topological polar surface area (TPSA) is 70.8 Å². The first-order valence-corrected chi connectivity index (χ1v) is 8.61. The Bertz CT molecular complexity index is 540. The van der Waals surface area contributed by atoms with Gasteiger partial charge in [-0.2, -0.15) is 4.31 Å². The molecule has 0 spiro atoms. The highest BCUT2D eigenvalue weighted by Crippen LogP contribution is 2.31. The second-order valence-electron chi connectivity index (χ2n) is 4.82. The molecule has 5 nitrogen and oxygen atoms in total. The first-order valence-electron chi connectivity index (χ1n) is 6.37. The standard InChI is InChI=1S/C12H18BrNO4S/c1-9-5-3-2-4-6-14(9)19(16,17)11-7-10(8-15)18-12(11)13/h7,9,15H,2-6,8H2,1H3. The van der Waals surface area contributed by atoms with Crippen LogP contribution in [0.5, 0.6) is 0 Å². The van der Waals surface area contributed by atoms with E-state index in [-0.39, 0.29) is 28.0 Å². The van der Waals surface area contributed by atoms with Gasteiger partial charge in [0, 0.05) is 18.7 Å². The van der Waals surface area contributed by atoms with Crippen molar-refractivity contribution < 1.29 is 17.9 Å². The number of nitrogens with zero attached hydrogens (tertiary/aromatic N) is 1. The first kappa shape index (κ1) is 15.0. The lowest BCUT2D eigenvalue weighted by Gasteiger charge is -2.25. The number of hydrogen-bond acceptors (Lipinski definition) is 4. The van der Waals surface area contributed by atoms with E-state index in [2.05, 4.69) is 15.9 Å². The van der Waals surface area contributed by atoms with E-state index in [9.17, 15) is 8.42 Å². The van der Waals surface area contributed by atoms with Crippen LogP contribution in [0.2, 0.25) is 0 Å². The van der Waals surface area contributed by atoms with Crippen molar-refractivity contribution in [3.8, 4) is 0 Å². The monoisotopic (exact) mass is 351 g/mol. The predicted molar refractivity (Wildman–Crippen MR) is 74.2 cm³/mol. The summed E-state index contributed by atoms with van der Waals surface area (Å²) < 4.78 is 32.2. The van der Waals surface area contributed by atoms with E-state index in [1.165, 1.54) is 10.4 Å². The Kier molecular flexibility index (Phi) is 4.70. The molecule has 0 aliphatic carbocycles. The number of rotatable bonds is 3. The van der Waals surface area contributed by atoms with Gasteiger partial charge < -0.3 is 9.52 Å². The van der Waals surface area contributed by atoms with Crippen molar-refractivity contribution in [3.63, 3.8) is 0 Å². The summed E-state index contributed by atoms with van der Waals surface area (Å²) >= 11 is 3.12. The summed E-state index contributed by atoms with van der Waals surface area (Å²) in [7, 11) is -3.57. The first-order chi connectivity index (χ1) is 8.96. The highest BCUT2D eigenvalue weighted by Gasteiger charge is 2.33. The molecule has 7 heteroatoms. The van der Waals surface area contributed by atoms with Crippen LogP contribution < -0.4 is 0 Å². The highest BCUT2D eigenvalue weighted by molar-refractivity contribution is 9.10. The van der Waals surface area contributed by atoms with Crippen molar-refractivity contribution >= 4 is 26.0 Å². The number of aliphatic hydroxyl groups excluding tert-OH is 1. The fraction of sp³-hybridized carbons (Fsp3) is 0.667. The Morgan fingerprint density at radius 3 is 2.84 bits per heavy atom. The third-order valence-corrected chi connectivity index (χ3v) is 6.31. The van der Waals surface area contributed by atoms with E-state index in [1.54, 1.807) is 0 Å². The fourth-order valence-corrected chi connectivity index (χ4v) is 5.05. The maximum Gasteiger partial charge on any atom is 0.247 e. The molecule has 1 saturated heterocycles. The molecule has 1 unspecified atom stereocenters. The van der Waals surface area contributed by atoms with E-state index in [4.69, 9.17) is 9.52 Å². The maximum absolute atomic E-state index is 12.7. The molecule has 1 aromatic heterocycles. The molecule has 1 aromatic rings. The van der Waals surface area contributed by atoms with Gasteiger partial charge >= 0.3 is 0 Å². The Balaban J connectivity index is 2.37. The lowest BCUT2D eigenvalue weighted by Crippen LogP contribution is -2.38. The van der Waals surface area contributed by atoms with Crippen molar-refractivity contribution in [1.29, 1.82) is 0 Å². The molecule has 108 valence electrons. The number of hydrogen-bond donors (Lipinski definition) is 1. The number of furan rings is 1. The van der Waals surface area contributed by atoms with Crippen LogP contribution in [0.4, 0.5) is 0 Å². The van der Waals surface area contributed by atoms with Crippen molar-refractivity contribution in [2.75, 3.05) is 6.54 Å². The molecular formula is C12H18BrNO4S. The minimum atomic E-state index is -3.57. The second kappa shape index (κ2) is 5.95. The Hall–Kier alpha value is -0.370. The number of sulfonamides is 1. The van der Waals surface area contributed by atoms with E-state index in [0.29, 0.717) is 6.54 Å². The van der Waals surface area contributed by atoms with Crippen LogP contribution in [-0.2, 0) is 16.6 Å². The quantitative estimate of drug-likeness (QED) is 0.907. The lowest BCUT2D eigenvalue weighted by molar-refractivity contribution is 0.245. The van der Waals surface area contributed by atoms with E-state index >= 15 is 0 Å². The zero-order valence-electron chi connectivity index (χ0n) is 10.8. The van der Waals surface area contributed by atoms with Gasteiger partial charge in [0.1, 0.15) is 17.3 Å². The molecule has 19 heavy (non-hydrogen) atoms. The Morgan fingerprint density at radius 2 is 2.21 bits per heavy atom. The molecule has 1 N–H and O–H groups in total. The molecule has 1 aliphatic rings. The van der Waals surface area contributed by atoms with Gasteiger partial charge in [0.05, 0.1) is 0 Å². The summed E-state index contributed by atoms with van der Waals surface area (Å²) in [6.07, 6.45) is 3.87. The molecular weight excluding hydrogens is 334 g/mol. The summed E-state index contributed by atoms with van der Waals surface area (Å²) in [5.74, 6) is 0.243. The van der Waals surface area contributed by atoms with Gasteiger partial charge in [-0.05, 0) is 35.7 Å². The summed E-state index contributed by atoms with van der Waals surface area (Å²) in [5, 5.41) is 9.03. The molecule has 1 aliphatic heterocycles. The normalized spacial score (nSPS) is 22.4. The van der Waals surface area contributed by atoms with Crippen molar-refractivity contribution in [3.05, 3.63) is 16.5 Å². The summed E-state index contributed by atoms with van der Waals surface area (Å²) in [5.41, 5.74) is 0. The van der Waals surface area contributed by atoms with Gasteiger partial charge in [-0.15, -0.1) is 0 Å². The highest BCUT2D eigenvalue weighted by atomic mass is 79.9. The van der Waals surface area contributed by atoms with Crippen LogP contribution in [0.3, 0.4) is 0 Å². The SMILES string of the molecule is CC1CCCCCN1S(=O)(=O)c1cc(CO)oc1Br. The average Bonchev–Trinajstić information content (AvgIpc) is 2.61. The van der Waals surface area contributed by atoms with E-state index in [1.807, 2.05) is 6.92 Å². The largest absolute Gasteiger partial charge is 0.450 e. The smallest absolute Gasteiger partial charge is 0.247 e. The molecule has 0 bridgehead atoms. The van der Waals surface area contributed by atoms with Crippen LogP contribution in [0.1, 0.15) is 38.4 Å². The van der Waals surface area contributed by atoms with Crippen LogP contribution in [0.15, 0.2) is 20.0 Å². The minimum absolute atomic E-state index is 0.00752. The van der Waals surface area contributed by atoms with Gasteiger partial charge in [0.25, 0.3) is 0 Å². The number of halogens is 1. The van der Waals surface area contributed by atoms with Crippen molar-refractivity contribution in [2.45, 2.75) is 50.2 Å². The molecule has 0 radical (unpaired) electrons. The van der Waals surface area contributed by atoms with Gasteiger partial charge in [-0.3, -0.25) is 0 Å². The lowest BCUT2D eigenvalue weighted by atomic mass is 10.1. The van der Waals surface area contributed by atoms with Crippen molar-refractivity contribution in [2.24, 2.45) is 0 Å². The molecule has 1 atom stereocenters. The van der Waals surface area contributed by atoms with Gasteiger partial charge in [-0.25, -0.2) is 8.42 Å². The summed E-state index contributed by atoms with van der Waals surface area (Å²) in [4.78, 5) is 0.102. The summed E-state index contributed by atoms with van der Waals surface area (Å²) in [6, 6.07) is 1.38. The predicted octanol–water partition coefficient (Wildman–Crippen LogP) is 2.49. The van der Waals surface area contributed by atoms with Crippen LogP contribution >= 0.6 is 15.9 Å². The number of aliphatic hydroxyl groups is 1. The third-order valence-electron chi connectivity index (χ3n) is 3.44. The van der Waals surface area contributed by atoms with Crippen molar-refractivity contribution in [1.82, 2.24) is 4.31 Å². The Morgan fingerprint density at radius 1 is 1.47 bits per heavy atom. The maximum atomic E-state index is 12.7.